The summed E-state index contributed by atoms with van der Waals surface area (Å²) in [6, 6.07) is 8.01. The molecule has 1 aliphatic rings. The molecule has 126 valence electrons. The predicted molar refractivity (Wildman–Crippen MR) is 94.9 cm³/mol. The Bertz CT molecular complexity index is 507. The topological polar surface area (TPSA) is 34.1 Å². The molecular weight excluding hydrogens is 284 g/mol. The number of Topliss-reactive ketones (excluding diaryl/α,β-unsaturated/α-hetero) is 2. The van der Waals surface area contributed by atoms with Crippen LogP contribution in [0.3, 0.4) is 0 Å². The first kappa shape index (κ1) is 17.9. The van der Waals surface area contributed by atoms with Gasteiger partial charge < -0.3 is 0 Å². The van der Waals surface area contributed by atoms with E-state index >= 15 is 0 Å². The van der Waals surface area contributed by atoms with Gasteiger partial charge in [-0.2, -0.15) is 0 Å². The number of benzene rings is 1. The summed E-state index contributed by atoms with van der Waals surface area (Å²) in [6.07, 6.45) is 9.77. The number of ketones is 2. The van der Waals surface area contributed by atoms with Crippen molar-refractivity contribution in [1.82, 2.24) is 0 Å². The molecule has 0 aliphatic heterocycles. The maximum absolute atomic E-state index is 12.0. The number of hydrogen-bond acceptors (Lipinski definition) is 2. The van der Waals surface area contributed by atoms with Gasteiger partial charge >= 0.3 is 0 Å². The highest BCUT2D eigenvalue weighted by Crippen LogP contribution is 2.37. The molecule has 2 heteroatoms. The highest BCUT2D eigenvalue weighted by molar-refractivity contribution is 6.07. The van der Waals surface area contributed by atoms with Crippen molar-refractivity contribution in [3.05, 3.63) is 35.4 Å². The molecule has 0 atom stereocenters. The third kappa shape index (κ3) is 5.30. The summed E-state index contributed by atoms with van der Waals surface area (Å²) < 4.78 is 0. The smallest absolute Gasteiger partial charge is 0.170 e. The quantitative estimate of drug-likeness (QED) is 0.455. The maximum atomic E-state index is 12.0. The van der Waals surface area contributed by atoms with Gasteiger partial charge in [-0.1, -0.05) is 57.4 Å². The zero-order chi connectivity index (χ0) is 16.7. The van der Waals surface area contributed by atoms with Crippen molar-refractivity contribution in [2.24, 2.45) is 5.92 Å². The monoisotopic (exact) mass is 314 g/mol. The van der Waals surface area contributed by atoms with Crippen LogP contribution in [0.2, 0.25) is 0 Å². The van der Waals surface area contributed by atoms with Gasteiger partial charge in [0.2, 0.25) is 0 Å². The van der Waals surface area contributed by atoms with E-state index in [4.69, 9.17) is 0 Å². The van der Waals surface area contributed by atoms with Crippen molar-refractivity contribution < 1.29 is 9.59 Å². The Kier molecular flexibility index (Phi) is 7.01. The molecule has 23 heavy (non-hydrogen) atoms. The fourth-order valence-electron chi connectivity index (χ4n) is 3.62. The van der Waals surface area contributed by atoms with E-state index in [-0.39, 0.29) is 18.0 Å². The average Bonchev–Trinajstić information content (AvgIpc) is 2.60. The molecule has 0 saturated heterocycles. The molecule has 1 aromatic rings. The molecule has 2 rings (SSSR count). The normalized spacial score (nSPS) is 21.1. The highest BCUT2D eigenvalue weighted by atomic mass is 16.1. The molecule has 0 spiro atoms. The van der Waals surface area contributed by atoms with Gasteiger partial charge in [-0.05, 0) is 43.1 Å². The van der Waals surface area contributed by atoms with Gasteiger partial charge in [0, 0.05) is 12.0 Å². The van der Waals surface area contributed by atoms with Crippen LogP contribution in [0.15, 0.2) is 24.3 Å². The van der Waals surface area contributed by atoms with E-state index in [1.54, 1.807) is 6.92 Å². The molecule has 0 unspecified atom stereocenters. The first-order valence-electron chi connectivity index (χ1n) is 9.28. The van der Waals surface area contributed by atoms with Crippen molar-refractivity contribution in [1.29, 1.82) is 0 Å². The summed E-state index contributed by atoms with van der Waals surface area (Å²) in [4.78, 5) is 23.4. The Morgan fingerprint density at radius 2 is 1.65 bits per heavy atom. The molecule has 0 amide bonds. The van der Waals surface area contributed by atoms with Crippen molar-refractivity contribution in [2.45, 2.75) is 77.6 Å². The second-order valence-electron chi connectivity index (χ2n) is 6.97. The van der Waals surface area contributed by atoms with Crippen LogP contribution in [0.5, 0.6) is 0 Å². The van der Waals surface area contributed by atoms with Crippen LogP contribution >= 0.6 is 0 Å². The minimum atomic E-state index is -0.0494. The fraction of sp³-hybridized carbons (Fsp3) is 0.619. The van der Waals surface area contributed by atoms with E-state index in [0.29, 0.717) is 17.9 Å². The molecule has 0 aromatic heterocycles. The van der Waals surface area contributed by atoms with E-state index in [0.717, 1.165) is 5.92 Å². The summed E-state index contributed by atoms with van der Waals surface area (Å²) >= 11 is 0. The molecule has 1 fully saturated rings. The Morgan fingerprint density at radius 3 is 2.22 bits per heavy atom. The van der Waals surface area contributed by atoms with Crippen molar-refractivity contribution in [2.75, 3.05) is 0 Å². The SMILES string of the molecule is CCCCC1CCC(c2ccc(C(=O)CC(=O)CC)cc2)CC1. The number of carbonyl (C=O) groups is 2. The van der Waals surface area contributed by atoms with E-state index in [9.17, 15) is 9.59 Å². The molecule has 0 bridgehead atoms. The molecule has 1 aliphatic carbocycles. The summed E-state index contributed by atoms with van der Waals surface area (Å²) in [7, 11) is 0. The van der Waals surface area contributed by atoms with E-state index in [2.05, 4.69) is 19.1 Å². The summed E-state index contributed by atoms with van der Waals surface area (Å²) in [5.41, 5.74) is 2.03. The lowest BCUT2D eigenvalue weighted by Crippen LogP contribution is -2.13. The van der Waals surface area contributed by atoms with E-state index in [1.807, 2.05) is 12.1 Å². The predicted octanol–water partition coefficient (Wildman–Crippen LogP) is 5.70. The van der Waals surface area contributed by atoms with Gasteiger partial charge in [0.1, 0.15) is 5.78 Å². The van der Waals surface area contributed by atoms with Gasteiger partial charge in [-0.15, -0.1) is 0 Å². The van der Waals surface area contributed by atoms with E-state index < -0.39 is 0 Å². The number of unbranched alkanes of at least 4 members (excludes halogenated alkanes) is 1. The van der Waals surface area contributed by atoms with Gasteiger partial charge in [-0.3, -0.25) is 9.59 Å². The number of rotatable bonds is 8. The van der Waals surface area contributed by atoms with Crippen molar-refractivity contribution >= 4 is 11.6 Å². The molecule has 0 heterocycles. The second kappa shape index (κ2) is 9.00. The first-order valence-corrected chi connectivity index (χ1v) is 9.28. The van der Waals surface area contributed by atoms with Crippen molar-refractivity contribution in [3.8, 4) is 0 Å². The van der Waals surface area contributed by atoms with Crippen LogP contribution in [0.25, 0.3) is 0 Å². The van der Waals surface area contributed by atoms with Crippen LogP contribution in [-0.4, -0.2) is 11.6 Å². The van der Waals surface area contributed by atoms with Crippen LogP contribution in [-0.2, 0) is 4.79 Å². The van der Waals surface area contributed by atoms with Crippen LogP contribution in [0.1, 0.15) is 93.5 Å². The molecule has 1 aromatic carbocycles. The highest BCUT2D eigenvalue weighted by Gasteiger charge is 2.22. The zero-order valence-electron chi connectivity index (χ0n) is 14.6. The summed E-state index contributed by atoms with van der Waals surface area (Å²) in [6.45, 7) is 4.07. The molecular formula is C21H30O2. The second-order valence-corrected chi connectivity index (χ2v) is 6.97. The Labute approximate surface area is 140 Å². The Morgan fingerprint density at radius 1 is 1.00 bits per heavy atom. The lowest BCUT2D eigenvalue weighted by atomic mass is 9.77. The van der Waals surface area contributed by atoms with Gasteiger partial charge in [0.15, 0.2) is 5.78 Å². The lowest BCUT2D eigenvalue weighted by molar-refractivity contribution is -0.117. The largest absolute Gasteiger partial charge is 0.299 e. The lowest BCUT2D eigenvalue weighted by Gasteiger charge is -2.28. The fourth-order valence-corrected chi connectivity index (χ4v) is 3.62. The third-order valence-electron chi connectivity index (χ3n) is 5.27. The van der Waals surface area contributed by atoms with Gasteiger partial charge in [0.05, 0.1) is 6.42 Å². The van der Waals surface area contributed by atoms with Gasteiger partial charge in [0.25, 0.3) is 0 Å². The average molecular weight is 314 g/mol. The molecule has 0 N–H and O–H groups in total. The van der Waals surface area contributed by atoms with Crippen LogP contribution < -0.4 is 0 Å². The standard InChI is InChI=1S/C21H30O2/c1-3-5-6-16-7-9-17(10-8-16)18-11-13-19(14-12-18)21(23)15-20(22)4-2/h11-14,16-17H,3-10,15H2,1-2H3. The van der Waals surface area contributed by atoms with Crippen LogP contribution in [0.4, 0.5) is 0 Å². The Balaban J connectivity index is 1.88. The van der Waals surface area contributed by atoms with Crippen LogP contribution in [0, 0.1) is 5.92 Å². The third-order valence-corrected chi connectivity index (χ3v) is 5.27. The molecule has 0 radical (unpaired) electrons. The molecule has 2 nitrogen and oxygen atoms in total. The summed E-state index contributed by atoms with van der Waals surface area (Å²) in [5.74, 6) is 1.54. The number of carbonyl (C=O) groups excluding carboxylic acids is 2. The summed E-state index contributed by atoms with van der Waals surface area (Å²) in [5, 5.41) is 0. The Hall–Kier alpha value is -1.44. The van der Waals surface area contributed by atoms with Gasteiger partial charge in [-0.25, -0.2) is 0 Å². The first-order chi connectivity index (χ1) is 11.1. The minimum Gasteiger partial charge on any atom is -0.299 e. The number of hydrogen-bond donors (Lipinski definition) is 0. The molecule has 1 saturated carbocycles. The van der Waals surface area contributed by atoms with E-state index in [1.165, 1.54) is 50.5 Å². The zero-order valence-corrected chi connectivity index (χ0v) is 14.6. The minimum absolute atomic E-state index is 0.0180. The maximum Gasteiger partial charge on any atom is 0.170 e. The van der Waals surface area contributed by atoms with Crippen molar-refractivity contribution in [3.63, 3.8) is 0 Å².